The van der Waals surface area contributed by atoms with E-state index in [0.29, 0.717) is 0 Å². The van der Waals surface area contributed by atoms with Gasteiger partial charge in [0.1, 0.15) is 12.9 Å². The van der Waals surface area contributed by atoms with Crippen molar-refractivity contribution in [3.63, 3.8) is 0 Å². The van der Waals surface area contributed by atoms with Crippen molar-refractivity contribution < 1.29 is 4.74 Å². The molecule has 0 bridgehead atoms. The first-order valence-electron chi connectivity index (χ1n) is 4.56. The predicted octanol–water partition coefficient (Wildman–Crippen LogP) is 2.71. The molecule has 0 saturated heterocycles. The first kappa shape index (κ1) is 9.59. The molecule has 0 amide bonds. The van der Waals surface area contributed by atoms with Crippen LogP contribution in [-0.4, -0.2) is 25.1 Å². The number of nitrogens with zero attached hydrogens (tertiary/aromatic N) is 1. The summed E-state index contributed by atoms with van der Waals surface area (Å²) in [5.41, 5.74) is 2.33. The zero-order valence-corrected chi connectivity index (χ0v) is 9.62. The minimum absolute atomic E-state index is 0.774. The summed E-state index contributed by atoms with van der Waals surface area (Å²) in [6, 6.07) is 8.25. The molecule has 1 heterocycles. The van der Waals surface area contributed by atoms with Gasteiger partial charge in [-0.05, 0) is 12.1 Å². The van der Waals surface area contributed by atoms with Gasteiger partial charge in [0, 0.05) is 17.1 Å². The molecule has 0 saturated carbocycles. The summed E-state index contributed by atoms with van der Waals surface area (Å²) < 4.78 is 6.42. The Bertz CT molecular complexity index is 345. The van der Waals surface area contributed by atoms with Crippen molar-refractivity contribution in [2.75, 3.05) is 20.2 Å². The number of benzene rings is 1. The van der Waals surface area contributed by atoms with Crippen molar-refractivity contribution in [1.29, 1.82) is 0 Å². The van der Waals surface area contributed by atoms with E-state index < -0.39 is 0 Å². The van der Waals surface area contributed by atoms with E-state index in [1.165, 1.54) is 5.56 Å². The standard InChI is InChI=1S/C11H12BrNO/c1-13-6-7-14-8-11(13)9-2-4-10(12)5-3-9/h2-5,8H,6-7H2,1H3. The minimum Gasteiger partial charge on any atom is -0.497 e. The van der Waals surface area contributed by atoms with Crippen LogP contribution in [-0.2, 0) is 4.74 Å². The number of rotatable bonds is 1. The molecule has 1 aliphatic rings. The van der Waals surface area contributed by atoms with E-state index in [-0.39, 0.29) is 0 Å². The van der Waals surface area contributed by atoms with E-state index in [1.54, 1.807) is 0 Å². The van der Waals surface area contributed by atoms with Gasteiger partial charge in [-0.25, -0.2) is 0 Å². The van der Waals surface area contributed by atoms with Crippen molar-refractivity contribution in [1.82, 2.24) is 4.90 Å². The lowest BCUT2D eigenvalue weighted by Gasteiger charge is -2.26. The maximum Gasteiger partial charge on any atom is 0.107 e. The first-order chi connectivity index (χ1) is 6.77. The van der Waals surface area contributed by atoms with Crippen molar-refractivity contribution in [3.8, 4) is 0 Å². The van der Waals surface area contributed by atoms with Gasteiger partial charge in [0.15, 0.2) is 0 Å². The fourth-order valence-electron chi connectivity index (χ4n) is 1.45. The monoisotopic (exact) mass is 253 g/mol. The van der Waals surface area contributed by atoms with Crippen LogP contribution < -0.4 is 0 Å². The molecule has 0 atom stereocenters. The van der Waals surface area contributed by atoms with Crippen LogP contribution in [0.3, 0.4) is 0 Å². The Balaban J connectivity index is 2.29. The highest BCUT2D eigenvalue weighted by Gasteiger charge is 2.11. The van der Waals surface area contributed by atoms with E-state index in [0.717, 1.165) is 23.3 Å². The molecule has 14 heavy (non-hydrogen) atoms. The zero-order chi connectivity index (χ0) is 9.97. The van der Waals surface area contributed by atoms with E-state index in [2.05, 4.69) is 40.0 Å². The Morgan fingerprint density at radius 3 is 2.64 bits per heavy atom. The zero-order valence-electron chi connectivity index (χ0n) is 8.03. The maximum absolute atomic E-state index is 5.32. The molecule has 0 fully saturated rings. The molecule has 2 nitrogen and oxygen atoms in total. The van der Waals surface area contributed by atoms with Gasteiger partial charge in [-0.15, -0.1) is 0 Å². The Morgan fingerprint density at radius 2 is 2.00 bits per heavy atom. The minimum atomic E-state index is 0.774. The highest BCUT2D eigenvalue weighted by Crippen LogP contribution is 2.22. The van der Waals surface area contributed by atoms with E-state index in [9.17, 15) is 0 Å². The molecule has 0 spiro atoms. The van der Waals surface area contributed by atoms with Gasteiger partial charge in [-0.2, -0.15) is 0 Å². The summed E-state index contributed by atoms with van der Waals surface area (Å²) >= 11 is 3.42. The fourth-order valence-corrected chi connectivity index (χ4v) is 1.71. The molecule has 3 heteroatoms. The molecule has 0 aliphatic carbocycles. The molecule has 1 aromatic carbocycles. The summed E-state index contributed by atoms with van der Waals surface area (Å²) in [6.07, 6.45) is 1.83. The van der Waals surface area contributed by atoms with Crippen molar-refractivity contribution >= 4 is 21.6 Å². The fraction of sp³-hybridized carbons (Fsp3) is 0.273. The highest BCUT2D eigenvalue weighted by atomic mass is 79.9. The number of halogens is 1. The van der Waals surface area contributed by atoms with E-state index in [4.69, 9.17) is 4.74 Å². The molecule has 2 rings (SSSR count). The quantitative estimate of drug-likeness (QED) is 0.764. The highest BCUT2D eigenvalue weighted by molar-refractivity contribution is 9.10. The van der Waals surface area contributed by atoms with Crippen molar-refractivity contribution in [3.05, 3.63) is 40.6 Å². The molecule has 0 radical (unpaired) electrons. The Kier molecular flexibility index (Phi) is 2.77. The third kappa shape index (κ3) is 1.93. The Labute approximate surface area is 92.3 Å². The lowest BCUT2D eigenvalue weighted by molar-refractivity contribution is 0.197. The van der Waals surface area contributed by atoms with Crippen LogP contribution in [0.4, 0.5) is 0 Å². The van der Waals surface area contributed by atoms with Crippen LogP contribution in [0.5, 0.6) is 0 Å². The van der Waals surface area contributed by atoms with Gasteiger partial charge >= 0.3 is 0 Å². The lowest BCUT2D eigenvalue weighted by Crippen LogP contribution is -2.25. The predicted molar refractivity (Wildman–Crippen MR) is 60.7 cm³/mol. The Hall–Kier alpha value is -0.960. The normalized spacial score (nSPS) is 16.1. The molecule has 74 valence electrons. The average molecular weight is 254 g/mol. The number of ether oxygens (including phenoxy) is 1. The second kappa shape index (κ2) is 4.05. The molecule has 1 aliphatic heterocycles. The van der Waals surface area contributed by atoms with Gasteiger partial charge in [0.2, 0.25) is 0 Å². The third-order valence-corrected chi connectivity index (χ3v) is 2.82. The average Bonchev–Trinajstić information content (AvgIpc) is 2.20. The number of likely N-dealkylation sites (N-methyl/N-ethyl adjacent to an activating group) is 1. The van der Waals surface area contributed by atoms with Crippen LogP contribution in [0, 0.1) is 0 Å². The molecule has 1 aromatic rings. The third-order valence-electron chi connectivity index (χ3n) is 2.29. The molecule has 0 N–H and O–H groups in total. The first-order valence-corrected chi connectivity index (χ1v) is 5.35. The van der Waals surface area contributed by atoms with Crippen LogP contribution in [0.25, 0.3) is 5.70 Å². The molecular weight excluding hydrogens is 242 g/mol. The van der Waals surface area contributed by atoms with Gasteiger partial charge < -0.3 is 9.64 Å². The summed E-state index contributed by atoms with van der Waals surface area (Å²) in [7, 11) is 2.08. The topological polar surface area (TPSA) is 12.5 Å². The SMILES string of the molecule is CN1CCOC=C1c1ccc(Br)cc1. The lowest BCUT2D eigenvalue weighted by atomic mass is 10.1. The number of hydrogen-bond acceptors (Lipinski definition) is 2. The van der Waals surface area contributed by atoms with Gasteiger partial charge in [-0.3, -0.25) is 0 Å². The van der Waals surface area contributed by atoms with Gasteiger partial charge in [-0.1, -0.05) is 28.1 Å². The smallest absolute Gasteiger partial charge is 0.107 e. The van der Waals surface area contributed by atoms with Crippen molar-refractivity contribution in [2.24, 2.45) is 0 Å². The van der Waals surface area contributed by atoms with Crippen LogP contribution in [0.2, 0.25) is 0 Å². The van der Waals surface area contributed by atoms with E-state index in [1.807, 2.05) is 18.4 Å². The maximum atomic E-state index is 5.32. The van der Waals surface area contributed by atoms with E-state index >= 15 is 0 Å². The molecule has 0 unspecified atom stereocenters. The summed E-state index contributed by atoms with van der Waals surface area (Å²) in [5.74, 6) is 0. The second-order valence-electron chi connectivity index (χ2n) is 3.30. The van der Waals surface area contributed by atoms with Crippen molar-refractivity contribution in [2.45, 2.75) is 0 Å². The van der Waals surface area contributed by atoms with Crippen LogP contribution in [0.15, 0.2) is 35.0 Å². The van der Waals surface area contributed by atoms with Gasteiger partial charge in [0.25, 0.3) is 0 Å². The van der Waals surface area contributed by atoms with Crippen LogP contribution in [0.1, 0.15) is 5.56 Å². The summed E-state index contributed by atoms with van der Waals surface area (Å²) in [5, 5.41) is 0. The molecular formula is C11H12BrNO. The molecule has 0 aromatic heterocycles. The van der Waals surface area contributed by atoms with Crippen LogP contribution >= 0.6 is 15.9 Å². The summed E-state index contributed by atoms with van der Waals surface area (Å²) in [6.45, 7) is 1.72. The second-order valence-corrected chi connectivity index (χ2v) is 4.22. The largest absolute Gasteiger partial charge is 0.497 e. The van der Waals surface area contributed by atoms with Gasteiger partial charge in [0.05, 0.1) is 12.2 Å². The number of hydrogen-bond donors (Lipinski definition) is 0. The Morgan fingerprint density at radius 1 is 1.29 bits per heavy atom. The summed E-state index contributed by atoms with van der Waals surface area (Å²) in [4.78, 5) is 2.20.